The highest BCUT2D eigenvalue weighted by atomic mass is 16.6. The van der Waals surface area contributed by atoms with Crippen LogP contribution in [-0.2, 0) is 9.47 Å². The average Bonchev–Trinajstić information content (AvgIpc) is 2.78. The fourth-order valence-electron chi connectivity index (χ4n) is 4.44. The van der Waals surface area contributed by atoms with Gasteiger partial charge in [0.15, 0.2) is 0 Å². The minimum atomic E-state index is -0.985. The number of aliphatic hydroxyl groups is 3. The van der Waals surface area contributed by atoms with Crippen molar-refractivity contribution >= 4 is 0 Å². The predicted molar refractivity (Wildman–Crippen MR) is 127 cm³/mol. The van der Waals surface area contributed by atoms with Gasteiger partial charge in [0.2, 0.25) is 0 Å². The van der Waals surface area contributed by atoms with E-state index >= 15 is 0 Å². The molecule has 0 bridgehead atoms. The molecule has 1 saturated heterocycles. The van der Waals surface area contributed by atoms with Gasteiger partial charge in [0, 0.05) is 6.61 Å². The third kappa shape index (κ3) is 14.5. The lowest BCUT2D eigenvalue weighted by molar-refractivity contribution is -0.211. The summed E-state index contributed by atoms with van der Waals surface area (Å²) in [5, 5.41) is 29.0. The molecule has 0 aromatic heterocycles. The SMILES string of the molecule is CCCCCCCCCCCCCCCCCCCCO[C@@H]1[C@@H](O)[C@H](O)CO[C@H]1CO. The number of ether oxygens (including phenoxy) is 2. The Hall–Kier alpha value is -0.200. The van der Waals surface area contributed by atoms with Crippen LogP contribution in [0.3, 0.4) is 0 Å². The van der Waals surface area contributed by atoms with Crippen LogP contribution in [0.2, 0.25) is 0 Å². The lowest BCUT2D eigenvalue weighted by Gasteiger charge is -2.37. The van der Waals surface area contributed by atoms with E-state index in [-0.39, 0.29) is 13.2 Å². The van der Waals surface area contributed by atoms with Crippen LogP contribution in [0.15, 0.2) is 0 Å². The minimum absolute atomic E-state index is 0.0471. The van der Waals surface area contributed by atoms with Crippen molar-refractivity contribution < 1.29 is 24.8 Å². The fourth-order valence-corrected chi connectivity index (χ4v) is 4.44. The molecule has 0 aromatic rings. The summed E-state index contributed by atoms with van der Waals surface area (Å²) in [5.74, 6) is 0. The molecule has 1 rings (SSSR count). The van der Waals surface area contributed by atoms with E-state index in [1.807, 2.05) is 0 Å². The quantitative estimate of drug-likeness (QED) is 0.203. The molecule has 0 unspecified atom stereocenters. The summed E-state index contributed by atoms with van der Waals surface area (Å²) in [6, 6.07) is 0. The summed E-state index contributed by atoms with van der Waals surface area (Å²) < 4.78 is 11.0. The Bertz CT molecular complexity index is 377. The third-order valence-electron chi connectivity index (χ3n) is 6.57. The molecule has 3 N–H and O–H groups in total. The molecule has 0 aliphatic carbocycles. The van der Waals surface area contributed by atoms with Crippen molar-refractivity contribution in [1.82, 2.24) is 0 Å². The molecule has 1 heterocycles. The van der Waals surface area contributed by atoms with Gasteiger partial charge in [-0.1, -0.05) is 116 Å². The molecule has 1 aliphatic heterocycles. The molecule has 5 nitrogen and oxygen atoms in total. The van der Waals surface area contributed by atoms with Crippen molar-refractivity contribution in [2.45, 2.75) is 147 Å². The first-order valence-electron chi connectivity index (χ1n) is 13.4. The molecule has 1 aliphatic rings. The smallest absolute Gasteiger partial charge is 0.114 e. The van der Waals surface area contributed by atoms with Gasteiger partial charge >= 0.3 is 0 Å². The van der Waals surface area contributed by atoms with Crippen molar-refractivity contribution in [3.63, 3.8) is 0 Å². The van der Waals surface area contributed by atoms with E-state index in [0.29, 0.717) is 6.61 Å². The van der Waals surface area contributed by atoms with Gasteiger partial charge in [0.1, 0.15) is 24.4 Å². The molecule has 31 heavy (non-hydrogen) atoms. The van der Waals surface area contributed by atoms with Gasteiger partial charge in [-0.25, -0.2) is 0 Å². The Labute approximate surface area is 191 Å². The molecule has 186 valence electrons. The van der Waals surface area contributed by atoms with Gasteiger partial charge in [0.05, 0.1) is 13.2 Å². The van der Waals surface area contributed by atoms with Gasteiger partial charge < -0.3 is 24.8 Å². The first kappa shape index (κ1) is 28.8. The van der Waals surface area contributed by atoms with E-state index in [0.717, 1.165) is 12.8 Å². The maximum Gasteiger partial charge on any atom is 0.114 e. The molecular formula is C26H52O5. The summed E-state index contributed by atoms with van der Waals surface area (Å²) in [6.07, 6.45) is 21.1. The Morgan fingerprint density at radius 1 is 0.677 bits per heavy atom. The first-order valence-corrected chi connectivity index (χ1v) is 13.4. The van der Waals surface area contributed by atoms with E-state index in [4.69, 9.17) is 9.47 Å². The average molecular weight is 445 g/mol. The van der Waals surface area contributed by atoms with Crippen molar-refractivity contribution in [3.8, 4) is 0 Å². The molecule has 0 saturated carbocycles. The Morgan fingerprint density at radius 2 is 1.10 bits per heavy atom. The largest absolute Gasteiger partial charge is 0.394 e. The zero-order chi connectivity index (χ0) is 22.6. The van der Waals surface area contributed by atoms with Crippen molar-refractivity contribution in [3.05, 3.63) is 0 Å². The number of hydrogen-bond donors (Lipinski definition) is 3. The van der Waals surface area contributed by atoms with Crippen LogP contribution in [0, 0.1) is 0 Å². The van der Waals surface area contributed by atoms with Gasteiger partial charge in [-0.3, -0.25) is 0 Å². The second-order valence-corrected chi connectivity index (χ2v) is 9.46. The predicted octanol–water partition coefficient (Wildman–Crippen LogP) is 5.53. The monoisotopic (exact) mass is 444 g/mol. The van der Waals surface area contributed by atoms with Crippen LogP contribution in [0.5, 0.6) is 0 Å². The van der Waals surface area contributed by atoms with Crippen molar-refractivity contribution in [1.29, 1.82) is 0 Å². The van der Waals surface area contributed by atoms with Crippen LogP contribution in [0.25, 0.3) is 0 Å². The molecule has 0 spiro atoms. The molecule has 5 heteroatoms. The Balaban J connectivity index is 1.80. The van der Waals surface area contributed by atoms with Crippen molar-refractivity contribution in [2.24, 2.45) is 0 Å². The normalized spacial score (nSPS) is 24.0. The lowest BCUT2D eigenvalue weighted by Crippen LogP contribution is -2.55. The Morgan fingerprint density at radius 3 is 1.52 bits per heavy atom. The maximum atomic E-state index is 10.0. The molecule has 0 radical (unpaired) electrons. The van der Waals surface area contributed by atoms with Crippen LogP contribution in [-0.4, -0.2) is 59.6 Å². The number of aliphatic hydroxyl groups excluding tert-OH is 3. The first-order chi connectivity index (χ1) is 15.2. The molecule has 0 amide bonds. The van der Waals surface area contributed by atoms with E-state index in [1.54, 1.807) is 0 Å². The summed E-state index contributed by atoms with van der Waals surface area (Å²) in [7, 11) is 0. The zero-order valence-corrected chi connectivity index (χ0v) is 20.3. The van der Waals surface area contributed by atoms with Gasteiger partial charge in [0.25, 0.3) is 0 Å². The van der Waals surface area contributed by atoms with Gasteiger partial charge in [-0.2, -0.15) is 0 Å². The van der Waals surface area contributed by atoms with E-state index in [2.05, 4.69) is 6.92 Å². The second-order valence-electron chi connectivity index (χ2n) is 9.46. The zero-order valence-electron chi connectivity index (χ0n) is 20.3. The highest BCUT2D eigenvalue weighted by Gasteiger charge is 2.39. The summed E-state index contributed by atoms with van der Waals surface area (Å²) in [5.41, 5.74) is 0. The fraction of sp³-hybridized carbons (Fsp3) is 1.00. The van der Waals surface area contributed by atoms with Crippen molar-refractivity contribution in [2.75, 3.05) is 19.8 Å². The lowest BCUT2D eigenvalue weighted by atomic mass is 10.0. The Kier molecular flexibility index (Phi) is 19.0. The molecule has 0 aromatic carbocycles. The maximum absolute atomic E-state index is 10.0. The number of unbranched alkanes of at least 4 members (excludes halogenated alkanes) is 17. The minimum Gasteiger partial charge on any atom is -0.394 e. The number of rotatable bonds is 21. The van der Waals surface area contributed by atoms with Crippen LogP contribution in [0.4, 0.5) is 0 Å². The standard InChI is InChI=1S/C26H52O5/c1-2-3-4-5-6-7-8-9-10-11-12-13-14-15-16-17-18-19-20-30-26-24(21-27)31-22-23(28)25(26)29/h23-29H,2-22H2,1H3/t23-,24+,25+,26+/m1/s1. The highest BCUT2D eigenvalue weighted by molar-refractivity contribution is 4.87. The van der Waals surface area contributed by atoms with E-state index in [1.165, 1.54) is 103 Å². The second kappa shape index (κ2) is 20.4. The third-order valence-corrected chi connectivity index (χ3v) is 6.57. The summed E-state index contributed by atoms with van der Waals surface area (Å²) >= 11 is 0. The van der Waals surface area contributed by atoms with Gasteiger partial charge in [-0.15, -0.1) is 0 Å². The number of hydrogen-bond acceptors (Lipinski definition) is 5. The molecular weight excluding hydrogens is 392 g/mol. The topological polar surface area (TPSA) is 79.2 Å². The van der Waals surface area contributed by atoms with Crippen LogP contribution < -0.4 is 0 Å². The molecule has 4 atom stereocenters. The van der Waals surface area contributed by atoms with Gasteiger partial charge in [-0.05, 0) is 6.42 Å². The summed E-state index contributed by atoms with van der Waals surface area (Å²) in [6.45, 7) is 2.66. The van der Waals surface area contributed by atoms with E-state index in [9.17, 15) is 15.3 Å². The van der Waals surface area contributed by atoms with E-state index < -0.39 is 24.4 Å². The van der Waals surface area contributed by atoms with Crippen LogP contribution >= 0.6 is 0 Å². The molecule has 1 fully saturated rings. The highest BCUT2D eigenvalue weighted by Crippen LogP contribution is 2.19. The summed E-state index contributed by atoms with van der Waals surface area (Å²) in [4.78, 5) is 0. The van der Waals surface area contributed by atoms with Crippen LogP contribution in [0.1, 0.15) is 122 Å².